The molecule has 1 heterocycles. The van der Waals surface area contributed by atoms with E-state index in [0.29, 0.717) is 23.1 Å². The molecule has 2 aromatic rings. The monoisotopic (exact) mass is 376 g/mol. The predicted molar refractivity (Wildman–Crippen MR) is 100 cm³/mol. The Hall–Kier alpha value is -2.04. The maximum Gasteiger partial charge on any atom is 0.316 e. The SMILES string of the molecule is Cc1cccc(C)c1N1CCN(Cc2cccc(Cl)c2Cl)C(=O)C1=O. The first kappa shape index (κ1) is 17.8. The van der Waals surface area contributed by atoms with E-state index >= 15 is 0 Å². The molecule has 2 amide bonds. The number of anilines is 1. The zero-order valence-electron chi connectivity index (χ0n) is 14.1. The maximum absolute atomic E-state index is 12.7. The van der Waals surface area contributed by atoms with Crippen molar-refractivity contribution in [1.82, 2.24) is 4.90 Å². The number of halogens is 2. The molecule has 0 N–H and O–H groups in total. The second-order valence-electron chi connectivity index (χ2n) is 6.14. The average molecular weight is 377 g/mol. The van der Waals surface area contributed by atoms with Gasteiger partial charge in [-0.15, -0.1) is 0 Å². The van der Waals surface area contributed by atoms with E-state index in [0.717, 1.165) is 22.4 Å². The summed E-state index contributed by atoms with van der Waals surface area (Å²) < 4.78 is 0. The minimum Gasteiger partial charge on any atom is -0.328 e. The number of nitrogens with zero attached hydrogens (tertiary/aromatic N) is 2. The molecule has 130 valence electrons. The lowest BCUT2D eigenvalue weighted by Crippen LogP contribution is -2.54. The number of amides is 2. The molecule has 6 heteroatoms. The average Bonchev–Trinajstić information content (AvgIpc) is 2.57. The summed E-state index contributed by atoms with van der Waals surface area (Å²) in [4.78, 5) is 28.3. The molecule has 2 aromatic carbocycles. The van der Waals surface area contributed by atoms with Gasteiger partial charge in [0.05, 0.1) is 15.7 Å². The normalized spacial score (nSPS) is 15.0. The van der Waals surface area contributed by atoms with Crippen LogP contribution in [0, 0.1) is 13.8 Å². The Kier molecular flexibility index (Phi) is 5.02. The van der Waals surface area contributed by atoms with Crippen LogP contribution in [0.2, 0.25) is 10.0 Å². The van der Waals surface area contributed by atoms with Crippen molar-refractivity contribution in [3.63, 3.8) is 0 Å². The van der Waals surface area contributed by atoms with Crippen LogP contribution >= 0.6 is 23.2 Å². The van der Waals surface area contributed by atoms with Gasteiger partial charge in [-0.2, -0.15) is 0 Å². The Morgan fingerprint density at radius 2 is 1.56 bits per heavy atom. The molecule has 25 heavy (non-hydrogen) atoms. The van der Waals surface area contributed by atoms with Gasteiger partial charge in [0.25, 0.3) is 0 Å². The zero-order valence-corrected chi connectivity index (χ0v) is 15.6. The molecule has 0 radical (unpaired) electrons. The summed E-state index contributed by atoms with van der Waals surface area (Å²) in [6.45, 7) is 5.05. The molecule has 1 aliphatic rings. The highest BCUT2D eigenvalue weighted by atomic mass is 35.5. The quantitative estimate of drug-likeness (QED) is 0.759. The van der Waals surface area contributed by atoms with Crippen molar-refractivity contribution in [3.8, 4) is 0 Å². The van der Waals surface area contributed by atoms with Crippen LogP contribution in [0.5, 0.6) is 0 Å². The second-order valence-corrected chi connectivity index (χ2v) is 6.92. The summed E-state index contributed by atoms with van der Waals surface area (Å²) in [5, 5.41) is 0.855. The van der Waals surface area contributed by atoms with Gasteiger partial charge >= 0.3 is 11.8 Å². The zero-order chi connectivity index (χ0) is 18.1. The van der Waals surface area contributed by atoms with Crippen LogP contribution in [-0.2, 0) is 16.1 Å². The lowest BCUT2D eigenvalue weighted by molar-refractivity contribution is -0.146. The van der Waals surface area contributed by atoms with Crippen LogP contribution in [-0.4, -0.2) is 29.8 Å². The van der Waals surface area contributed by atoms with Gasteiger partial charge in [-0.3, -0.25) is 9.59 Å². The number of para-hydroxylation sites is 1. The number of carbonyl (C=O) groups is 2. The molecule has 0 bridgehead atoms. The number of hydrogen-bond donors (Lipinski definition) is 0. The van der Waals surface area contributed by atoms with Crippen LogP contribution in [0.25, 0.3) is 0 Å². The third-order valence-corrected chi connectivity index (χ3v) is 5.27. The Labute approximate surface area is 156 Å². The lowest BCUT2D eigenvalue weighted by atomic mass is 10.1. The summed E-state index contributed by atoms with van der Waals surface area (Å²) >= 11 is 12.2. The van der Waals surface area contributed by atoms with E-state index in [2.05, 4.69) is 0 Å². The van der Waals surface area contributed by atoms with Crippen LogP contribution in [0.3, 0.4) is 0 Å². The number of benzene rings is 2. The Bertz CT molecular complexity index is 831. The molecule has 0 saturated carbocycles. The summed E-state index contributed by atoms with van der Waals surface area (Å²) in [6, 6.07) is 11.1. The third kappa shape index (κ3) is 3.37. The summed E-state index contributed by atoms with van der Waals surface area (Å²) in [5.41, 5.74) is 3.51. The molecule has 3 rings (SSSR count). The van der Waals surface area contributed by atoms with E-state index in [1.165, 1.54) is 4.90 Å². The highest BCUT2D eigenvalue weighted by molar-refractivity contribution is 6.43. The highest BCUT2D eigenvalue weighted by Crippen LogP contribution is 2.29. The van der Waals surface area contributed by atoms with Crippen molar-refractivity contribution >= 4 is 40.7 Å². The number of hydrogen-bond acceptors (Lipinski definition) is 2. The standard InChI is InChI=1S/C19H18Cl2N2O2/c1-12-5-3-6-13(2)17(12)23-10-9-22(18(24)19(23)25)11-14-7-4-8-15(20)16(14)21/h3-8H,9-11H2,1-2H3. The van der Waals surface area contributed by atoms with Crippen molar-refractivity contribution in [2.75, 3.05) is 18.0 Å². The topological polar surface area (TPSA) is 40.6 Å². The Balaban J connectivity index is 1.83. The molecule has 0 unspecified atom stereocenters. The van der Waals surface area contributed by atoms with E-state index in [9.17, 15) is 9.59 Å². The molecular weight excluding hydrogens is 359 g/mol. The van der Waals surface area contributed by atoms with E-state index in [4.69, 9.17) is 23.2 Å². The lowest BCUT2D eigenvalue weighted by Gasteiger charge is -2.35. The van der Waals surface area contributed by atoms with Crippen LogP contribution < -0.4 is 4.90 Å². The minimum absolute atomic E-state index is 0.268. The molecule has 1 saturated heterocycles. The number of aryl methyl sites for hydroxylation is 2. The van der Waals surface area contributed by atoms with Crippen LogP contribution in [0.1, 0.15) is 16.7 Å². The van der Waals surface area contributed by atoms with Gasteiger partial charge in [0, 0.05) is 19.6 Å². The maximum atomic E-state index is 12.7. The molecular formula is C19H18Cl2N2O2. The van der Waals surface area contributed by atoms with Crippen molar-refractivity contribution in [3.05, 3.63) is 63.1 Å². The number of piperazine rings is 1. The summed E-state index contributed by atoms with van der Waals surface area (Å²) in [7, 11) is 0. The van der Waals surface area contributed by atoms with Gasteiger partial charge in [0.1, 0.15) is 0 Å². The third-order valence-electron chi connectivity index (χ3n) is 4.41. The first-order valence-electron chi connectivity index (χ1n) is 8.00. The van der Waals surface area contributed by atoms with Gasteiger partial charge in [0.15, 0.2) is 0 Å². The van der Waals surface area contributed by atoms with E-state index in [-0.39, 0.29) is 6.54 Å². The van der Waals surface area contributed by atoms with Crippen LogP contribution in [0.15, 0.2) is 36.4 Å². The van der Waals surface area contributed by atoms with Gasteiger partial charge in [-0.25, -0.2) is 0 Å². The number of carbonyl (C=O) groups excluding carboxylic acids is 2. The first-order valence-corrected chi connectivity index (χ1v) is 8.75. The van der Waals surface area contributed by atoms with E-state index < -0.39 is 11.8 Å². The van der Waals surface area contributed by atoms with E-state index in [1.54, 1.807) is 17.0 Å². The molecule has 0 atom stereocenters. The van der Waals surface area contributed by atoms with Gasteiger partial charge in [0.2, 0.25) is 0 Å². The van der Waals surface area contributed by atoms with Gasteiger partial charge in [-0.1, -0.05) is 53.5 Å². The predicted octanol–water partition coefficient (Wildman–Crippen LogP) is 3.99. The fourth-order valence-electron chi connectivity index (χ4n) is 3.15. The molecule has 4 nitrogen and oxygen atoms in total. The van der Waals surface area contributed by atoms with Crippen molar-refractivity contribution in [2.24, 2.45) is 0 Å². The van der Waals surface area contributed by atoms with Crippen molar-refractivity contribution in [2.45, 2.75) is 20.4 Å². The van der Waals surface area contributed by atoms with Gasteiger partial charge in [-0.05, 0) is 36.6 Å². The van der Waals surface area contributed by atoms with E-state index in [1.807, 2.05) is 38.1 Å². The smallest absolute Gasteiger partial charge is 0.316 e. The Morgan fingerprint density at radius 3 is 2.24 bits per heavy atom. The molecule has 1 aliphatic heterocycles. The fraction of sp³-hybridized carbons (Fsp3) is 0.263. The molecule has 1 fully saturated rings. The molecule has 0 aromatic heterocycles. The number of rotatable bonds is 3. The minimum atomic E-state index is -0.523. The molecule has 0 spiro atoms. The summed E-state index contributed by atoms with van der Waals surface area (Å²) in [6.07, 6.45) is 0. The van der Waals surface area contributed by atoms with Crippen molar-refractivity contribution < 1.29 is 9.59 Å². The molecule has 0 aliphatic carbocycles. The highest BCUT2D eigenvalue weighted by Gasteiger charge is 2.34. The fourth-order valence-corrected chi connectivity index (χ4v) is 3.53. The summed E-state index contributed by atoms with van der Waals surface area (Å²) in [5.74, 6) is -1.04. The van der Waals surface area contributed by atoms with Gasteiger partial charge < -0.3 is 9.80 Å². The van der Waals surface area contributed by atoms with Crippen molar-refractivity contribution in [1.29, 1.82) is 0 Å². The Morgan fingerprint density at radius 1 is 0.920 bits per heavy atom. The largest absolute Gasteiger partial charge is 0.328 e. The first-order chi connectivity index (χ1) is 11.9. The second kappa shape index (κ2) is 7.06. The van der Waals surface area contributed by atoms with Crippen LogP contribution in [0.4, 0.5) is 5.69 Å².